The molecule has 2 saturated carbocycles. The first-order chi connectivity index (χ1) is 11.6. The summed E-state index contributed by atoms with van der Waals surface area (Å²) in [5.74, 6) is -1.13. The molecule has 0 aromatic carbocycles. The van der Waals surface area contributed by atoms with Crippen LogP contribution < -0.4 is 0 Å². The topological polar surface area (TPSA) is 88.1 Å². The van der Waals surface area contributed by atoms with Gasteiger partial charge in [0.15, 0.2) is 5.72 Å². The lowest BCUT2D eigenvalue weighted by Crippen LogP contribution is -2.59. The number of aliphatic hydroxyl groups is 1. The number of carbonyl (C=O) groups is 1. The van der Waals surface area contributed by atoms with E-state index in [0.717, 1.165) is 51.4 Å². The van der Waals surface area contributed by atoms with Crippen molar-refractivity contribution in [2.24, 2.45) is 11.3 Å². The Morgan fingerprint density at radius 3 is 2.50 bits per heavy atom. The zero-order valence-corrected chi connectivity index (χ0v) is 14.4. The molecule has 24 heavy (non-hydrogen) atoms. The SMILES string of the molecule is N#CC1=C2S[C@H]3CCCC[C@]3(O)N2C(=O)[C@H](C#N)C12CCCCC2. The van der Waals surface area contributed by atoms with Crippen LogP contribution in [-0.4, -0.2) is 26.9 Å². The van der Waals surface area contributed by atoms with Crippen molar-refractivity contribution in [2.75, 3.05) is 0 Å². The molecule has 0 radical (unpaired) electrons. The van der Waals surface area contributed by atoms with Crippen molar-refractivity contribution in [2.45, 2.75) is 68.8 Å². The average Bonchev–Trinajstić information content (AvgIpc) is 2.89. The minimum absolute atomic E-state index is 0.0772. The van der Waals surface area contributed by atoms with Gasteiger partial charge in [-0.2, -0.15) is 10.5 Å². The number of carbonyl (C=O) groups excluding carboxylic acids is 1. The zero-order chi connectivity index (χ0) is 16.9. The van der Waals surface area contributed by atoms with Gasteiger partial charge >= 0.3 is 0 Å². The highest BCUT2D eigenvalue weighted by Gasteiger charge is 2.63. The molecule has 1 saturated heterocycles. The first-order valence-corrected chi connectivity index (χ1v) is 9.74. The van der Waals surface area contributed by atoms with E-state index < -0.39 is 17.1 Å². The third-order valence-corrected chi connectivity index (χ3v) is 7.85. The monoisotopic (exact) mass is 343 g/mol. The fourth-order valence-electron chi connectivity index (χ4n) is 5.12. The fourth-order valence-corrected chi connectivity index (χ4v) is 6.81. The van der Waals surface area contributed by atoms with Crippen LogP contribution in [0.1, 0.15) is 57.8 Å². The molecule has 2 heterocycles. The number of nitriles is 2. The standard InChI is InChI=1S/C18H21N3O2S/c19-10-12-15(22)21-16(24-14-6-2-5-9-18(14,21)23)13(11-20)17(12)7-3-1-4-8-17/h12,14,23H,1-9H2/t12-,14-,18+/m0/s1. The number of rotatable bonds is 0. The highest BCUT2D eigenvalue weighted by molar-refractivity contribution is 8.04. The summed E-state index contributed by atoms with van der Waals surface area (Å²) < 4.78 is 0. The van der Waals surface area contributed by atoms with E-state index in [2.05, 4.69) is 12.1 Å². The maximum Gasteiger partial charge on any atom is 0.248 e. The van der Waals surface area contributed by atoms with Crippen molar-refractivity contribution in [1.29, 1.82) is 10.5 Å². The molecule has 3 fully saturated rings. The Hall–Kier alpha value is -1.50. The van der Waals surface area contributed by atoms with Gasteiger partial charge in [0.25, 0.3) is 0 Å². The molecule has 2 aliphatic heterocycles. The van der Waals surface area contributed by atoms with Crippen LogP contribution in [-0.2, 0) is 4.79 Å². The Morgan fingerprint density at radius 1 is 1.12 bits per heavy atom. The Kier molecular flexibility index (Phi) is 3.67. The lowest BCUT2D eigenvalue weighted by molar-refractivity contribution is -0.162. The molecular formula is C18H21N3O2S. The summed E-state index contributed by atoms with van der Waals surface area (Å²) in [5.41, 5.74) is -1.27. The zero-order valence-electron chi connectivity index (χ0n) is 13.6. The first-order valence-electron chi connectivity index (χ1n) is 8.86. The van der Waals surface area contributed by atoms with Crippen LogP contribution in [0.15, 0.2) is 10.6 Å². The molecule has 4 rings (SSSR count). The number of nitrogens with zero attached hydrogens (tertiary/aromatic N) is 3. The minimum atomic E-state index is -1.22. The number of thioether (sulfide) groups is 1. The third-order valence-electron chi connectivity index (χ3n) is 6.34. The van der Waals surface area contributed by atoms with Crippen LogP contribution in [0, 0.1) is 34.0 Å². The Labute approximate surface area is 146 Å². The minimum Gasteiger partial charge on any atom is -0.369 e. The summed E-state index contributed by atoms with van der Waals surface area (Å²) >= 11 is 1.50. The Bertz CT molecular complexity index is 698. The molecule has 4 aliphatic rings. The molecule has 1 N–H and O–H groups in total. The number of allylic oxidation sites excluding steroid dienone is 1. The summed E-state index contributed by atoms with van der Waals surface area (Å²) in [6, 6.07) is 4.56. The lowest BCUT2D eigenvalue weighted by Gasteiger charge is -2.48. The van der Waals surface area contributed by atoms with E-state index in [1.54, 1.807) is 0 Å². The maximum atomic E-state index is 13.2. The van der Waals surface area contributed by atoms with Gasteiger partial charge in [-0.3, -0.25) is 9.69 Å². The van der Waals surface area contributed by atoms with Crippen LogP contribution in [0.25, 0.3) is 0 Å². The van der Waals surface area contributed by atoms with Gasteiger partial charge in [0.05, 0.1) is 28.0 Å². The first kappa shape index (κ1) is 16.0. The van der Waals surface area contributed by atoms with Gasteiger partial charge in [0, 0.05) is 5.41 Å². The van der Waals surface area contributed by atoms with Crippen molar-refractivity contribution < 1.29 is 9.90 Å². The summed E-state index contributed by atoms with van der Waals surface area (Å²) in [5, 5.41) is 31.5. The Balaban J connectivity index is 1.91. The van der Waals surface area contributed by atoms with Gasteiger partial charge in [0.1, 0.15) is 5.92 Å². The summed E-state index contributed by atoms with van der Waals surface area (Å²) in [6.07, 6.45) is 7.71. The second kappa shape index (κ2) is 5.51. The van der Waals surface area contributed by atoms with E-state index in [0.29, 0.717) is 17.0 Å². The molecule has 1 amide bonds. The van der Waals surface area contributed by atoms with Crippen LogP contribution in [0.2, 0.25) is 0 Å². The number of amides is 1. The molecule has 126 valence electrons. The largest absolute Gasteiger partial charge is 0.369 e. The molecule has 0 bridgehead atoms. The quantitative estimate of drug-likeness (QED) is 0.730. The second-order valence-electron chi connectivity index (χ2n) is 7.48. The van der Waals surface area contributed by atoms with Crippen molar-refractivity contribution in [1.82, 2.24) is 4.90 Å². The number of hydrogen-bond donors (Lipinski definition) is 1. The normalized spacial score (nSPS) is 37.6. The average molecular weight is 343 g/mol. The van der Waals surface area contributed by atoms with Gasteiger partial charge in [-0.05, 0) is 32.1 Å². The van der Waals surface area contributed by atoms with E-state index in [1.165, 1.54) is 16.7 Å². The number of fused-ring (bicyclic) bond motifs is 3. The number of hydrogen-bond acceptors (Lipinski definition) is 5. The molecular weight excluding hydrogens is 322 g/mol. The van der Waals surface area contributed by atoms with Gasteiger partial charge in [0.2, 0.25) is 5.91 Å². The summed E-state index contributed by atoms with van der Waals surface area (Å²) in [4.78, 5) is 14.7. The van der Waals surface area contributed by atoms with Gasteiger partial charge in [-0.15, -0.1) is 0 Å². The third kappa shape index (κ3) is 1.87. The van der Waals surface area contributed by atoms with E-state index in [9.17, 15) is 20.4 Å². The van der Waals surface area contributed by atoms with E-state index in [1.807, 2.05) is 0 Å². The molecule has 6 heteroatoms. The van der Waals surface area contributed by atoms with Crippen molar-refractivity contribution in [3.63, 3.8) is 0 Å². The predicted molar refractivity (Wildman–Crippen MR) is 88.9 cm³/mol. The van der Waals surface area contributed by atoms with Gasteiger partial charge in [-0.1, -0.05) is 37.4 Å². The molecule has 0 aromatic heterocycles. The van der Waals surface area contributed by atoms with E-state index >= 15 is 0 Å². The van der Waals surface area contributed by atoms with Crippen molar-refractivity contribution >= 4 is 17.7 Å². The highest BCUT2D eigenvalue weighted by atomic mass is 32.2. The smallest absolute Gasteiger partial charge is 0.248 e. The lowest BCUT2D eigenvalue weighted by atomic mass is 9.60. The molecule has 0 aromatic rings. The van der Waals surface area contributed by atoms with Crippen molar-refractivity contribution in [3.05, 3.63) is 10.6 Å². The van der Waals surface area contributed by atoms with Crippen LogP contribution >= 0.6 is 11.8 Å². The second-order valence-corrected chi connectivity index (χ2v) is 8.67. The Morgan fingerprint density at radius 2 is 1.83 bits per heavy atom. The molecule has 1 spiro atoms. The molecule has 0 unspecified atom stereocenters. The summed E-state index contributed by atoms with van der Waals surface area (Å²) in [7, 11) is 0. The van der Waals surface area contributed by atoms with E-state index in [4.69, 9.17) is 0 Å². The predicted octanol–water partition coefficient (Wildman–Crippen LogP) is 3.03. The molecule has 3 atom stereocenters. The fraction of sp³-hybridized carbons (Fsp3) is 0.722. The van der Waals surface area contributed by atoms with Crippen LogP contribution in [0.5, 0.6) is 0 Å². The molecule has 2 aliphatic carbocycles. The molecule has 5 nitrogen and oxygen atoms in total. The van der Waals surface area contributed by atoms with Crippen molar-refractivity contribution in [3.8, 4) is 12.1 Å². The summed E-state index contributed by atoms with van der Waals surface area (Å²) in [6.45, 7) is 0. The highest BCUT2D eigenvalue weighted by Crippen LogP contribution is 2.61. The van der Waals surface area contributed by atoms with Crippen LogP contribution in [0.3, 0.4) is 0 Å². The van der Waals surface area contributed by atoms with Gasteiger partial charge in [-0.25, -0.2) is 0 Å². The van der Waals surface area contributed by atoms with E-state index in [-0.39, 0.29) is 11.2 Å². The van der Waals surface area contributed by atoms with Gasteiger partial charge < -0.3 is 5.11 Å². The van der Waals surface area contributed by atoms with Crippen LogP contribution in [0.4, 0.5) is 0 Å². The maximum absolute atomic E-state index is 13.2.